The van der Waals surface area contributed by atoms with Gasteiger partial charge in [0.1, 0.15) is 35.1 Å². The molecule has 4 fully saturated rings. The minimum absolute atomic E-state index is 0.0255. The quantitative estimate of drug-likeness (QED) is 0.0331. The van der Waals surface area contributed by atoms with Crippen molar-refractivity contribution in [3.63, 3.8) is 0 Å². The number of nitriles is 1. The van der Waals surface area contributed by atoms with Crippen molar-refractivity contribution < 1.29 is 86.1 Å². The number of rotatable bonds is 21. The Morgan fingerprint density at radius 2 is 0.974 bits per heavy atom. The number of hydrogen-bond donors (Lipinski definition) is 5. The molecule has 117 heavy (non-hydrogen) atoms. The van der Waals surface area contributed by atoms with Gasteiger partial charge in [-0.15, -0.1) is 0 Å². The third kappa shape index (κ3) is 15.3. The maximum atomic E-state index is 12.4. The Morgan fingerprint density at radius 3 is 1.42 bits per heavy atom. The minimum Gasteiger partial charge on any atom is -0.504 e. The van der Waals surface area contributed by atoms with Crippen LogP contribution in [0.4, 0.5) is 0 Å². The zero-order chi connectivity index (χ0) is 84.5. The molecule has 28 heteroatoms. The first-order valence-corrected chi connectivity index (χ1v) is 43.6. The molecular weight excluding hydrogens is 1500 g/mol. The zero-order valence-electron chi connectivity index (χ0n) is 72.7. The lowest BCUT2D eigenvalue weighted by molar-refractivity contribution is -0.0652. The Balaban J connectivity index is 0.000000212. The molecule has 5 unspecified atom stereocenters. The number of phenolic OH excluding ortho intramolecular Hbond substituents is 4. The molecule has 0 spiro atoms. The van der Waals surface area contributed by atoms with Crippen LogP contribution in [0.3, 0.4) is 0 Å². The van der Waals surface area contributed by atoms with Crippen LogP contribution in [0.1, 0.15) is 164 Å². The molecule has 11 atom stereocenters. The van der Waals surface area contributed by atoms with E-state index >= 15 is 0 Å². The molecule has 14 rings (SSSR count). The number of benzene rings is 6. The van der Waals surface area contributed by atoms with Gasteiger partial charge in [-0.1, -0.05) is 104 Å². The summed E-state index contributed by atoms with van der Waals surface area (Å²) >= 11 is 0. The van der Waals surface area contributed by atoms with Gasteiger partial charge in [0.25, 0.3) is 6.17 Å². The van der Waals surface area contributed by atoms with E-state index in [2.05, 4.69) is 105 Å². The number of nitrogens with one attached hydrogen (secondary N) is 1. The van der Waals surface area contributed by atoms with Gasteiger partial charge in [-0.2, -0.15) is 5.26 Å². The second kappa shape index (κ2) is 34.5. The monoisotopic (exact) mass is 1630 g/mol. The Morgan fingerprint density at radius 1 is 0.564 bits per heavy atom. The Hall–Kier alpha value is -8.19. The number of methoxy groups -OCH3 is 8. The summed E-state index contributed by atoms with van der Waals surface area (Å²) in [6, 6.07) is 15.0. The second-order valence-corrected chi connectivity index (χ2v) is 40.3. The predicted octanol–water partition coefficient (Wildman–Crippen LogP) is 11.8. The largest absolute Gasteiger partial charge is 0.504 e. The second-order valence-electron chi connectivity index (χ2n) is 35.3. The fourth-order valence-corrected chi connectivity index (χ4v) is 22.9. The van der Waals surface area contributed by atoms with Crippen molar-refractivity contribution in [1.82, 2.24) is 24.9 Å². The predicted molar refractivity (Wildman–Crippen MR) is 452 cm³/mol. The van der Waals surface area contributed by atoms with E-state index in [1.54, 1.807) is 49.8 Å². The van der Waals surface area contributed by atoms with Gasteiger partial charge in [-0.05, 0) is 107 Å². The van der Waals surface area contributed by atoms with Crippen molar-refractivity contribution in [2.24, 2.45) is 10.8 Å². The summed E-state index contributed by atoms with van der Waals surface area (Å²) in [7, 11) is 13.9. The van der Waals surface area contributed by atoms with Crippen LogP contribution in [0.2, 0.25) is 17.6 Å². The van der Waals surface area contributed by atoms with E-state index in [9.17, 15) is 25.7 Å². The molecule has 6 aromatic carbocycles. The fraction of sp³-hybridized carbons (Fsp3) is 0.573. The van der Waals surface area contributed by atoms with Crippen molar-refractivity contribution in [2.75, 3.05) is 124 Å². The van der Waals surface area contributed by atoms with E-state index in [0.29, 0.717) is 169 Å². The van der Waals surface area contributed by atoms with Crippen LogP contribution in [0.5, 0.6) is 69.0 Å². The van der Waals surface area contributed by atoms with Crippen molar-refractivity contribution in [3.8, 4) is 75.1 Å². The fourth-order valence-electron chi connectivity index (χ4n) is 20.3. The first-order valence-electron chi connectivity index (χ1n) is 41.0. The molecule has 8 heterocycles. The average molecular weight is 1630 g/mol. The lowest BCUT2D eigenvalue weighted by atomic mass is 9.70. The summed E-state index contributed by atoms with van der Waals surface area (Å²) in [6.07, 6.45) is 1.89. The molecule has 2 bridgehead atoms. The third-order valence-corrected chi connectivity index (χ3v) is 32.1. The topological polar surface area (TPSA) is 263 Å². The number of fused-ring (bicyclic) bond motifs is 9. The first kappa shape index (κ1) is 86.6. The van der Waals surface area contributed by atoms with Gasteiger partial charge < -0.3 is 91.4 Å². The Labute approximate surface area is 693 Å². The molecule has 630 valence electrons. The molecule has 0 saturated carbocycles. The normalized spacial score (nSPS) is 24.6. The lowest BCUT2D eigenvalue weighted by Crippen LogP contribution is -2.68. The molecule has 4 saturated heterocycles. The molecule has 0 amide bonds. The van der Waals surface area contributed by atoms with Gasteiger partial charge in [0, 0.05) is 148 Å². The number of nitrogens with zero attached hydrogens (tertiary/aromatic N) is 6. The maximum absolute atomic E-state index is 12.4. The Kier molecular flexibility index (Phi) is 25.5. The number of morpholine rings is 1. The number of piperazine rings is 1. The van der Waals surface area contributed by atoms with Crippen LogP contribution in [0.25, 0.3) is 4.85 Å². The number of hydrogen-bond acceptors (Lipinski definition) is 24. The highest BCUT2D eigenvalue weighted by Crippen LogP contribution is 2.61. The number of ether oxygens (including phenoxy) is 9. The van der Waals surface area contributed by atoms with Gasteiger partial charge in [0.15, 0.2) is 54.3 Å². The van der Waals surface area contributed by atoms with E-state index in [4.69, 9.17) is 72.2 Å². The van der Waals surface area contributed by atoms with Crippen molar-refractivity contribution in [1.29, 1.82) is 5.26 Å². The highest BCUT2D eigenvalue weighted by atomic mass is 28.4. The summed E-state index contributed by atoms with van der Waals surface area (Å²) in [5.74, 6) is 4.12. The smallest absolute Gasteiger partial charge is 0.493 e. The first-order chi connectivity index (χ1) is 55.8. The molecule has 25 nitrogen and oxygen atoms in total. The van der Waals surface area contributed by atoms with E-state index in [0.717, 1.165) is 61.9 Å². The maximum Gasteiger partial charge on any atom is 0.493 e. The molecule has 0 aromatic heterocycles. The number of phenols is 4. The van der Waals surface area contributed by atoms with Crippen LogP contribution < -0.4 is 54.1 Å². The SMILES string of the molecule is COc1c(C)c(OC)c2c(c1O)C(c1ccc(B3OCC(C)(C)CO3)cc1)N1[C@@H](C#N)[C@@H]3Cc4c(OC)c(C)c(OC)c(O)c4[C@H]([C@@H]1C2)N3C.[C-]#[N+]C(C1Cc2c(OC)c(C)c(OC)c(O)c2C(C2Cc3c(OC)c(C)c(OC)c(O)c3[C@H](c3ccc(B4OCC(C)(C)CO4)cc3)N2)N1C)N1CCO[C@@H](CCO[Si](C)(C(C)C)C(C)C)C1. The molecule has 5 N–H and O–H groups in total. The molecule has 6 aromatic rings. The van der Waals surface area contributed by atoms with Crippen LogP contribution >= 0.6 is 0 Å². The van der Waals surface area contributed by atoms with Gasteiger partial charge in [-0.3, -0.25) is 19.5 Å². The Bertz CT molecular complexity index is 4720. The molecule has 8 aliphatic rings. The number of likely N-dealkylation sites (N-methyl/N-ethyl adjacent to an activating group) is 2. The number of aromatic hydroxyl groups is 4. The summed E-state index contributed by atoms with van der Waals surface area (Å²) in [5, 5.41) is 63.5. The van der Waals surface area contributed by atoms with Gasteiger partial charge in [-0.25, -0.2) is 11.5 Å². The summed E-state index contributed by atoms with van der Waals surface area (Å²) in [5.41, 5.74) is 13.3. The minimum atomic E-state index is -1.94. The highest BCUT2D eigenvalue weighted by molar-refractivity contribution is 6.75. The van der Waals surface area contributed by atoms with E-state index in [1.807, 2.05) is 83.3 Å². The lowest BCUT2D eigenvalue weighted by Gasteiger charge is -2.60. The highest BCUT2D eigenvalue weighted by Gasteiger charge is 2.59. The van der Waals surface area contributed by atoms with Crippen molar-refractivity contribution >= 4 is 33.5 Å². The van der Waals surface area contributed by atoms with Crippen LogP contribution in [0, 0.1) is 56.4 Å². The van der Waals surface area contributed by atoms with Crippen molar-refractivity contribution in [3.05, 3.63) is 138 Å². The van der Waals surface area contributed by atoms with E-state index in [1.165, 1.54) is 7.11 Å². The van der Waals surface area contributed by atoms with Crippen LogP contribution in [0.15, 0.2) is 48.5 Å². The molecule has 0 aliphatic carbocycles. The van der Waals surface area contributed by atoms with E-state index in [-0.39, 0.29) is 64.1 Å². The molecule has 0 radical (unpaired) electrons. The summed E-state index contributed by atoms with van der Waals surface area (Å²) in [4.78, 5) is 13.4. The van der Waals surface area contributed by atoms with Crippen molar-refractivity contribution in [2.45, 2.75) is 199 Å². The molecular formula is C89H121B2N7O18Si. The summed E-state index contributed by atoms with van der Waals surface area (Å²) < 4.78 is 85.3. The van der Waals surface area contributed by atoms with E-state index < -0.39 is 58.9 Å². The van der Waals surface area contributed by atoms with Crippen LogP contribution in [-0.4, -0.2) is 229 Å². The van der Waals surface area contributed by atoms with Gasteiger partial charge in [0.05, 0.1) is 99.8 Å². The standard InChI is InChI=1S/C51H75BN4O10Si.C38H46BN3O8/c1-29(2)67(15,30(3)4)66-22-20-35-26-56(21-23-63-35)50(53-9)39-25-37-41(45(58)49(62-14)32(6)47(37)60-12)43(55(39)10)38-24-36-40(44(57)48(61-13)31(5)46(36)59-11)42(54-38)33-16-18-34(19-17-33)52-64-27-51(7,8)28-65-52;1-19-34(45-6)23-14-25-27(16-40)42-26(31(41(25)5)29(23)33(44)37(19)48-9)15-24-28(32(43)36(47-8)20(2)35(24)46-7)30(42)21-10-12-22(13-11-21)39-49-17-38(3,4)18-50-39/h16-19,29-30,35,38-39,42-43,50,54,57-58H,20-28H2,1-8,10-15H3;10-13,25-27,30-31,43-44H,14-15,17-18H2,1-9H3/t35-,38?,39?,42-,43?,50?;25-,26-,27-,30?,31-/m00/s1. The van der Waals surface area contributed by atoms with Crippen LogP contribution in [-0.2, 0) is 53.5 Å². The average Bonchev–Trinajstić information content (AvgIpc) is 0.694. The van der Waals surface area contributed by atoms with Gasteiger partial charge in [0.2, 0.25) is 0 Å². The van der Waals surface area contributed by atoms with Gasteiger partial charge >= 0.3 is 14.2 Å². The summed E-state index contributed by atoms with van der Waals surface area (Å²) in [6.45, 7) is 41.0. The molecule has 8 aliphatic heterocycles. The zero-order valence-corrected chi connectivity index (χ0v) is 73.7. The third-order valence-electron chi connectivity index (χ3n) is 26.7.